The van der Waals surface area contributed by atoms with Crippen molar-refractivity contribution in [2.24, 2.45) is 0 Å². The molecule has 0 aliphatic heterocycles. The number of carbonyl (C=O) groups excluding carboxylic acids is 1. The van der Waals surface area contributed by atoms with Gasteiger partial charge in [0.15, 0.2) is 0 Å². The van der Waals surface area contributed by atoms with Gasteiger partial charge in [-0.05, 0) is 38.5 Å². The van der Waals surface area contributed by atoms with Gasteiger partial charge in [-0.1, -0.05) is 283 Å². The van der Waals surface area contributed by atoms with Gasteiger partial charge in [0.05, 0.1) is 18.8 Å². The standard InChI is InChI=1S/C56H111NO5/c1-3-5-7-9-11-13-15-17-19-21-23-25-27-28-30-32-34-36-38-40-42-44-46-48-50-54(60)56(62)57-52(51-58)55(61)53(59)49-47-45-43-41-39-37-35-33-31-29-26-24-22-20-18-16-14-12-10-8-6-4-2/h28,30,52-55,58-61H,3-27,29,31-51H2,1-2H3,(H,57,62)/b30-28-. The van der Waals surface area contributed by atoms with Crippen molar-refractivity contribution in [3.8, 4) is 0 Å². The summed E-state index contributed by atoms with van der Waals surface area (Å²) < 4.78 is 0. The normalized spacial score (nSPS) is 13.8. The Bertz CT molecular complexity index is 898. The van der Waals surface area contributed by atoms with Crippen molar-refractivity contribution in [2.45, 2.75) is 334 Å². The van der Waals surface area contributed by atoms with Crippen molar-refractivity contribution in [1.82, 2.24) is 5.32 Å². The number of carbonyl (C=O) groups is 1. The fourth-order valence-corrected chi connectivity index (χ4v) is 9.05. The van der Waals surface area contributed by atoms with E-state index in [4.69, 9.17) is 0 Å². The largest absolute Gasteiger partial charge is 0.394 e. The average Bonchev–Trinajstić information content (AvgIpc) is 3.28. The van der Waals surface area contributed by atoms with Crippen LogP contribution in [0, 0.1) is 0 Å². The number of aliphatic hydroxyl groups excluding tert-OH is 4. The summed E-state index contributed by atoms with van der Waals surface area (Å²) in [5.41, 5.74) is 0. The van der Waals surface area contributed by atoms with Crippen LogP contribution in [0.4, 0.5) is 0 Å². The summed E-state index contributed by atoms with van der Waals surface area (Å²) in [4.78, 5) is 12.6. The van der Waals surface area contributed by atoms with Gasteiger partial charge in [-0.2, -0.15) is 0 Å². The minimum atomic E-state index is -1.26. The summed E-state index contributed by atoms with van der Waals surface area (Å²) in [5, 5.41) is 44.0. The molecule has 0 saturated carbocycles. The third-order valence-electron chi connectivity index (χ3n) is 13.5. The number of rotatable bonds is 52. The minimum Gasteiger partial charge on any atom is -0.394 e. The number of hydrogen-bond donors (Lipinski definition) is 5. The molecule has 0 heterocycles. The SMILES string of the molecule is CCCCCCCCCCCCCC/C=C\CCCCCCCCCCC(O)C(=O)NC(CO)C(O)C(O)CCCCCCCCCCCCCCCCCCCCCCCC. The molecule has 5 N–H and O–H groups in total. The van der Waals surface area contributed by atoms with E-state index in [-0.39, 0.29) is 0 Å². The van der Waals surface area contributed by atoms with E-state index in [9.17, 15) is 25.2 Å². The van der Waals surface area contributed by atoms with Gasteiger partial charge < -0.3 is 25.7 Å². The highest BCUT2D eigenvalue weighted by Crippen LogP contribution is 2.18. The number of unbranched alkanes of at least 4 members (excludes halogenated alkanes) is 41. The fourth-order valence-electron chi connectivity index (χ4n) is 9.05. The molecule has 0 aliphatic rings. The Labute approximate surface area is 387 Å². The lowest BCUT2D eigenvalue weighted by molar-refractivity contribution is -0.132. The topological polar surface area (TPSA) is 110 Å². The molecular formula is C56H111NO5. The van der Waals surface area contributed by atoms with Crippen LogP contribution < -0.4 is 5.32 Å². The lowest BCUT2D eigenvalue weighted by atomic mass is 9.99. The van der Waals surface area contributed by atoms with Crippen LogP contribution in [0.25, 0.3) is 0 Å². The highest BCUT2D eigenvalue weighted by atomic mass is 16.3. The zero-order chi connectivity index (χ0) is 45.2. The molecule has 0 rings (SSSR count). The average molecular weight is 879 g/mol. The first-order valence-electron chi connectivity index (χ1n) is 28.1. The summed E-state index contributed by atoms with van der Waals surface area (Å²) >= 11 is 0. The summed E-state index contributed by atoms with van der Waals surface area (Å²) in [7, 11) is 0. The molecule has 0 aliphatic carbocycles. The molecule has 0 radical (unpaired) electrons. The molecule has 0 saturated heterocycles. The highest BCUT2D eigenvalue weighted by molar-refractivity contribution is 5.80. The molecule has 4 atom stereocenters. The third-order valence-corrected chi connectivity index (χ3v) is 13.5. The Kier molecular flexibility index (Phi) is 50.3. The van der Waals surface area contributed by atoms with Crippen LogP contribution in [-0.4, -0.2) is 57.3 Å². The Balaban J connectivity index is 3.62. The van der Waals surface area contributed by atoms with E-state index in [0.717, 1.165) is 38.5 Å². The number of aliphatic hydroxyl groups is 4. The van der Waals surface area contributed by atoms with E-state index < -0.39 is 36.9 Å². The molecule has 4 unspecified atom stereocenters. The van der Waals surface area contributed by atoms with E-state index in [0.29, 0.717) is 12.8 Å². The second-order valence-electron chi connectivity index (χ2n) is 19.6. The fraction of sp³-hybridized carbons (Fsp3) is 0.946. The second-order valence-corrected chi connectivity index (χ2v) is 19.6. The first kappa shape index (κ1) is 61.0. The van der Waals surface area contributed by atoms with Crippen LogP contribution in [0.15, 0.2) is 12.2 Å². The predicted octanol–water partition coefficient (Wildman–Crippen LogP) is 16.1. The van der Waals surface area contributed by atoms with Crippen LogP contribution in [0.1, 0.15) is 309 Å². The molecule has 0 spiro atoms. The molecule has 0 bridgehead atoms. The van der Waals surface area contributed by atoms with Crippen molar-refractivity contribution >= 4 is 5.91 Å². The number of hydrogen-bond acceptors (Lipinski definition) is 5. The smallest absolute Gasteiger partial charge is 0.249 e. The second kappa shape index (κ2) is 51.0. The van der Waals surface area contributed by atoms with Crippen molar-refractivity contribution in [3.05, 3.63) is 12.2 Å². The molecule has 0 aromatic rings. The van der Waals surface area contributed by atoms with Gasteiger partial charge in [0.2, 0.25) is 5.91 Å². The first-order valence-corrected chi connectivity index (χ1v) is 28.1. The Hall–Kier alpha value is -0.950. The maximum Gasteiger partial charge on any atom is 0.249 e. The number of allylic oxidation sites excluding steroid dienone is 2. The van der Waals surface area contributed by atoms with Crippen LogP contribution in [0.5, 0.6) is 0 Å². The zero-order valence-electron chi connectivity index (χ0n) is 41.9. The van der Waals surface area contributed by atoms with Crippen molar-refractivity contribution in [2.75, 3.05) is 6.61 Å². The molecule has 0 fully saturated rings. The van der Waals surface area contributed by atoms with Crippen LogP contribution in [0.3, 0.4) is 0 Å². The molecule has 1 amide bonds. The molecule has 0 aromatic heterocycles. The maximum absolute atomic E-state index is 12.6. The Morgan fingerprint density at radius 1 is 0.387 bits per heavy atom. The van der Waals surface area contributed by atoms with E-state index >= 15 is 0 Å². The van der Waals surface area contributed by atoms with Gasteiger partial charge in [-0.15, -0.1) is 0 Å². The van der Waals surface area contributed by atoms with E-state index in [2.05, 4.69) is 31.3 Å². The molecule has 6 heteroatoms. The number of nitrogens with one attached hydrogen (secondary N) is 1. The number of amides is 1. The quantitative estimate of drug-likeness (QED) is 0.0309. The van der Waals surface area contributed by atoms with E-state index in [1.165, 1.54) is 244 Å². The van der Waals surface area contributed by atoms with Gasteiger partial charge in [-0.25, -0.2) is 0 Å². The van der Waals surface area contributed by atoms with Crippen LogP contribution >= 0.6 is 0 Å². The maximum atomic E-state index is 12.6. The van der Waals surface area contributed by atoms with Crippen LogP contribution in [0.2, 0.25) is 0 Å². The van der Waals surface area contributed by atoms with Gasteiger partial charge in [0.1, 0.15) is 12.2 Å². The minimum absolute atomic E-state index is 0.369. The monoisotopic (exact) mass is 878 g/mol. The molecule has 370 valence electrons. The van der Waals surface area contributed by atoms with Gasteiger partial charge in [0.25, 0.3) is 0 Å². The molecular weight excluding hydrogens is 767 g/mol. The molecule has 62 heavy (non-hydrogen) atoms. The molecule has 0 aromatic carbocycles. The van der Waals surface area contributed by atoms with E-state index in [1.807, 2.05) is 0 Å². The van der Waals surface area contributed by atoms with Crippen molar-refractivity contribution in [3.63, 3.8) is 0 Å². The third kappa shape index (κ3) is 44.3. The van der Waals surface area contributed by atoms with Gasteiger partial charge >= 0.3 is 0 Å². The highest BCUT2D eigenvalue weighted by Gasteiger charge is 2.28. The zero-order valence-corrected chi connectivity index (χ0v) is 41.9. The van der Waals surface area contributed by atoms with Gasteiger partial charge in [0, 0.05) is 0 Å². The van der Waals surface area contributed by atoms with Gasteiger partial charge in [-0.3, -0.25) is 4.79 Å². The lowest BCUT2D eigenvalue weighted by Crippen LogP contribution is -2.53. The Morgan fingerprint density at radius 2 is 0.645 bits per heavy atom. The summed E-state index contributed by atoms with van der Waals surface area (Å²) in [6.45, 7) is 4.09. The summed E-state index contributed by atoms with van der Waals surface area (Å²) in [6, 6.07) is -0.985. The Morgan fingerprint density at radius 3 is 0.935 bits per heavy atom. The van der Waals surface area contributed by atoms with E-state index in [1.54, 1.807) is 0 Å². The van der Waals surface area contributed by atoms with Crippen LogP contribution in [-0.2, 0) is 4.79 Å². The summed E-state index contributed by atoms with van der Waals surface area (Å²) in [5.74, 6) is -0.581. The molecule has 6 nitrogen and oxygen atoms in total. The van der Waals surface area contributed by atoms with Crippen molar-refractivity contribution in [1.29, 1.82) is 0 Å². The lowest BCUT2D eigenvalue weighted by Gasteiger charge is -2.27. The van der Waals surface area contributed by atoms with Crippen molar-refractivity contribution < 1.29 is 25.2 Å². The summed E-state index contributed by atoms with van der Waals surface area (Å²) in [6.07, 6.45) is 59.9. The first-order chi connectivity index (χ1) is 30.5. The predicted molar refractivity (Wildman–Crippen MR) is 270 cm³/mol.